The molecule has 0 atom stereocenters. The fraction of sp³-hybridized carbons (Fsp3) is 0.133. The van der Waals surface area contributed by atoms with Gasteiger partial charge in [-0.15, -0.1) is 0 Å². The molecule has 0 aromatic heterocycles. The van der Waals surface area contributed by atoms with Crippen LogP contribution in [0.3, 0.4) is 0 Å². The minimum atomic E-state index is 0.510. The monoisotopic (exact) mass is 324 g/mol. The van der Waals surface area contributed by atoms with Gasteiger partial charge in [-0.05, 0) is 67.5 Å². The minimum absolute atomic E-state index is 0.510. The zero-order chi connectivity index (χ0) is 14.7. The summed E-state index contributed by atoms with van der Waals surface area (Å²) >= 11 is 17.3. The SMILES string of the molecule is Cc1ccc(NC(=S)Nc2ccc(Cl)cc2C)cc1Cl. The topological polar surface area (TPSA) is 24.1 Å². The first-order chi connectivity index (χ1) is 9.45. The summed E-state index contributed by atoms with van der Waals surface area (Å²) < 4.78 is 0. The Morgan fingerprint density at radius 3 is 2.35 bits per heavy atom. The van der Waals surface area contributed by atoms with Crippen LogP contribution in [0.2, 0.25) is 10.0 Å². The third-order valence-corrected chi connectivity index (χ3v) is 3.71. The van der Waals surface area contributed by atoms with E-state index in [4.69, 9.17) is 35.4 Å². The van der Waals surface area contributed by atoms with Gasteiger partial charge in [-0.3, -0.25) is 0 Å². The van der Waals surface area contributed by atoms with Gasteiger partial charge < -0.3 is 10.6 Å². The highest BCUT2D eigenvalue weighted by Gasteiger charge is 2.03. The van der Waals surface area contributed by atoms with Gasteiger partial charge in [0.15, 0.2) is 5.11 Å². The first-order valence-corrected chi connectivity index (χ1v) is 7.22. The molecule has 0 saturated heterocycles. The third kappa shape index (κ3) is 3.85. The summed E-state index contributed by atoms with van der Waals surface area (Å²) in [5, 5.41) is 8.17. The van der Waals surface area contributed by atoms with Crippen molar-refractivity contribution in [3.05, 3.63) is 57.6 Å². The van der Waals surface area contributed by atoms with Gasteiger partial charge in [-0.1, -0.05) is 29.3 Å². The van der Waals surface area contributed by atoms with Crippen LogP contribution in [0.15, 0.2) is 36.4 Å². The summed E-state index contributed by atoms with van der Waals surface area (Å²) in [5.74, 6) is 0. The number of rotatable bonds is 2. The van der Waals surface area contributed by atoms with Gasteiger partial charge in [0.05, 0.1) is 0 Å². The van der Waals surface area contributed by atoms with Gasteiger partial charge in [0.1, 0.15) is 0 Å². The molecule has 0 amide bonds. The van der Waals surface area contributed by atoms with Crippen LogP contribution in [-0.2, 0) is 0 Å². The standard InChI is InChI=1S/C15H14Cl2N2S/c1-9-3-5-12(8-13(9)17)18-15(20)19-14-6-4-11(16)7-10(14)2/h3-8H,1-2H3,(H2,18,19,20). The van der Waals surface area contributed by atoms with Crippen LogP contribution in [-0.4, -0.2) is 5.11 Å². The summed E-state index contributed by atoms with van der Waals surface area (Å²) in [7, 11) is 0. The number of anilines is 2. The van der Waals surface area contributed by atoms with Crippen LogP contribution in [0.5, 0.6) is 0 Å². The fourth-order valence-corrected chi connectivity index (χ4v) is 2.36. The second-order valence-electron chi connectivity index (χ2n) is 4.50. The number of hydrogen-bond acceptors (Lipinski definition) is 1. The van der Waals surface area contributed by atoms with Gasteiger partial charge in [0.2, 0.25) is 0 Å². The average Bonchev–Trinajstić information content (AvgIpc) is 2.37. The number of aryl methyl sites for hydroxylation is 2. The summed E-state index contributed by atoms with van der Waals surface area (Å²) in [6, 6.07) is 11.3. The van der Waals surface area contributed by atoms with Crippen LogP contribution in [0.25, 0.3) is 0 Å². The minimum Gasteiger partial charge on any atom is -0.332 e. The van der Waals surface area contributed by atoms with Crippen LogP contribution >= 0.6 is 35.4 Å². The van der Waals surface area contributed by atoms with E-state index in [1.54, 1.807) is 0 Å². The lowest BCUT2D eigenvalue weighted by molar-refractivity contribution is 1.45. The molecule has 20 heavy (non-hydrogen) atoms. The molecule has 0 aliphatic carbocycles. The predicted molar refractivity (Wildman–Crippen MR) is 92.2 cm³/mol. The van der Waals surface area contributed by atoms with Crippen LogP contribution in [0.1, 0.15) is 11.1 Å². The van der Waals surface area contributed by atoms with Crippen molar-refractivity contribution in [2.24, 2.45) is 0 Å². The second-order valence-corrected chi connectivity index (χ2v) is 5.75. The van der Waals surface area contributed by atoms with E-state index in [0.29, 0.717) is 15.2 Å². The van der Waals surface area contributed by atoms with Gasteiger partial charge >= 0.3 is 0 Å². The molecule has 0 spiro atoms. The van der Waals surface area contributed by atoms with Crippen molar-refractivity contribution in [3.63, 3.8) is 0 Å². The number of halogens is 2. The Morgan fingerprint density at radius 1 is 0.950 bits per heavy atom. The normalized spacial score (nSPS) is 10.2. The molecule has 2 rings (SSSR count). The molecule has 0 unspecified atom stereocenters. The van der Waals surface area contributed by atoms with E-state index in [-0.39, 0.29) is 0 Å². The molecule has 2 nitrogen and oxygen atoms in total. The van der Waals surface area contributed by atoms with E-state index in [9.17, 15) is 0 Å². The van der Waals surface area contributed by atoms with Gasteiger partial charge in [0.25, 0.3) is 0 Å². The highest BCUT2D eigenvalue weighted by atomic mass is 35.5. The number of benzene rings is 2. The fourth-order valence-electron chi connectivity index (χ4n) is 1.72. The molecule has 0 aliphatic rings. The largest absolute Gasteiger partial charge is 0.332 e. The molecule has 104 valence electrons. The van der Waals surface area contributed by atoms with E-state index >= 15 is 0 Å². The highest BCUT2D eigenvalue weighted by Crippen LogP contribution is 2.22. The summed E-state index contributed by atoms with van der Waals surface area (Å²) in [6.45, 7) is 3.93. The molecule has 0 aliphatic heterocycles. The van der Waals surface area contributed by atoms with E-state index < -0.39 is 0 Å². The van der Waals surface area contributed by atoms with Crippen LogP contribution in [0.4, 0.5) is 11.4 Å². The Hall–Kier alpha value is -1.29. The lowest BCUT2D eigenvalue weighted by Gasteiger charge is -2.13. The molecule has 2 N–H and O–H groups in total. The third-order valence-electron chi connectivity index (χ3n) is 2.87. The van der Waals surface area contributed by atoms with Gasteiger partial charge in [-0.2, -0.15) is 0 Å². The molecule has 0 heterocycles. The predicted octanol–water partition coefficient (Wildman–Crippen LogP) is 5.42. The maximum Gasteiger partial charge on any atom is 0.175 e. The summed E-state index contributed by atoms with van der Waals surface area (Å²) in [4.78, 5) is 0. The Balaban J connectivity index is 2.07. The van der Waals surface area contributed by atoms with E-state index in [1.165, 1.54) is 0 Å². The molecule has 0 fully saturated rings. The van der Waals surface area contributed by atoms with Gasteiger partial charge in [-0.25, -0.2) is 0 Å². The maximum absolute atomic E-state index is 6.08. The highest BCUT2D eigenvalue weighted by molar-refractivity contribution is 7.80. The summed E-state index contributed by atoms with van der Waals surface area (Å²) in [5.41, 5.74) is 3.84. The van der Waals surface area contributed by atoms with E-state index in [2.05, 4.69) is 10.6 Å². The van der Waals surface area contributed by atoms with Crippen molar-refractivity contribution >= 4 is 51.9 Å². The number of nitrogens with one attached hydrogen (secondary N) is 2. The summed E-state index contributed by atoms with van der Waals surface area (Å²) in [6.07, 6.45) is 0. The molecule has 5 heteroatoms. The maximum atomic E-state index is 6.08. The first kappa shape index (κ1) is 15.1. The molecular formula is C15H14Cl2N2S. The zero-order valence-corrected chi connectivity index (χ0v) is 13.5. The van der Waals surface area contributed by atoms with E-state index in [1.807, 2.05) is 50.2 Å². The lowest BCUT2D eigenvalue weighted by Crippen LogP contribution is -2.19. The molecular weight excluding hydrogens is 311 g/mol. The molecule has 0 bridgehead atoms. The lowest BCUT2D eigenvalue weighted by atomic mass is 10.2. The van der Waals surface area contributed by atoms with Crippen molar-refractivity contribution < 1.29 is 0 Å². The Kier molecular flexibility index (Phi) is 4.86. The molecule has 2 aromatic carbocycles. The Bertz CT molecular complexity index is 656. The number of thiocarbonyl (C=S) groups is 1. The van der Waals surface area contributed by atoms with Gasteiger partial charge in [0, 0.05) is 21.4 Å². The van der Waals surface area contributed by atoms with Crippen molar-refractivity contribution in [1.29, 1.82) is 0 Å². The first-order valence-electron chi connectivity index (χ1n) is 6.06. The van der Waals surface area contributed by atoms with Crippen molar-refractivity contribution in [1.82, 2.24) is 0 Å². The zero-order valence-electron chi connectivity index (χ0n) is 11.1. The Morgan fingerprint density at radius 2 is 1.70 bits per heavy atom. The quantitative estimate of drug-likeness (QED) is 0.721. The van der Waals surface area contributed by atoms with Crippen LogP contribution < -0.4 is 10.6 Å². The van der Waals surface area contributed by atoms with Crippen molar-refractivity contribution in [3.8, 4) is 0 Å². The van der Waals surface area contributed by atoms with Crippen molar-refractivity contribution in [2.45, 2.75) is 13.8 Å². The molecule has 0 radical (unpaired) electrons. The smallest absolute Gasteiger partial charge is 0.175 e. The Labute approximate surface area is 134 Å². The molecule has 2 aromatic rings. The van der Waals surface area contributed by atoms with E-state index in [0.717, 1.165) is 22.5 Å². The second kappa shape index (κ2) is 6.44. The van der Waals surface area contributed by atoms with Crippen LogP contribution in [0, 0.1) is 13.8 Å². The average molecular weight is 325 g/mol. The molecule has 0 saturated carbocycles. The number of hydrogen-bond donors (Lipinski definition) is 2. The van der Waals surface area contributed by atoms with Crippen molar-refractivity contribution in [2.75, 3.05) is 10.6 Å².